The molecule has 1 aromatic rings. The number of piperidine rings is 1. The van der Waals surface area contributed by atoms with Gasteiger partial charge in [0, 0.05) is 6.61 Å². The molecule has 2 rings (SSSR count). The fraction of sp³-hybridized carbons (Fsp3) is 0.562. The van der Waals surface area contributed by atoms with Gasteiger partial charge in [0.15, 0.2) is 0 Å². The maximum atomic E-state index is 12.2. The predicted octanol–water partition coefficient (Wildman–Crippen LogP) is 3.42. The number of nitrogens with zero attached hydrogens (tertiary/aromatic N) is 1. The monoisotopic (exact) mass is 344 g/mol. The van der Waals surface area contributed by atoms with Crippen molar-refractivity contribution >= 4 is 34.8 Å². The largest absolute Gasteiger partial charge is 0.396 e. The van der Waals surface area contributed by atoms with E-state index < -0.39 is 0 Å². The SMILES string of the molecule is CCC1(CO)CCN(CC(=O)Nc2c(Cl)cccc2Cl)CC1. The number of hydrogen-bond acceptors (Lipinski definition) is 3. The molecule has 122 valence electrons. The third-order valence-corrected chi connectivity index (χ3v) is 5.23. The first-order valence-corrected chi connectivity index (χ1v) is 8.32. The molecule has 0 atom stereocenters. The highest BCUT2D eigenvalue weighted by Gasteiger charge is 2.32. The van der Waals surface area contributed by atoms with Crippen LogP contribution in [0.25, 0.3) is 0 Å². The average Bonchev–Trinajstić information content (AvgIpc) is 2.52. The number of aliphatic hydroxyl groups excluding tert-OH is 1. The molecule has 0 aromatic heterocycles. The van der Waals surface area contributed by atoms with Crippen LogP contribution < -0.4 is 5.32 Å². The maximum Gasteiger partial charge on any atom is 0.238 e. The number of carbonyl (C=O) groups is 1. The first-order valence-electron chi connectivity index (χ1n) is 7.57. The van der Waals surface area contributed by atoms with Gasteiger partial charge >= 0.3 is 0 Å². The van der Waals surface area contributed by atoms with Gasteiger partial charge in [-0.1, -0.05) is 36.2 Å². The number of carbonyl (C=O) groups excluding carboxylic acids is 1. The number of rotatable bonds is 5. The number of aliphatic hydroxyl groups is 1. The van der Waals surface area contributed by atoms with Crippen LogP contribution in [0.3, 0.4) is 0 Å². The molecule has 1 saturated heterocycles. The number of likely N-dealkylation sites (tertiary alicyclic amines) is 1. The van der Waals surface area contributed by atoms with Gasteiger partial charge in [0.25, 0.3) is 0 Å². The topological polar surface area (TPSA) is 52.6 Å². The van der Waals surface area contributed by atoms with Crippen molar-refractivity contribution in [3.8, 4) is 0 Å². The van der Waals surface area contributed by atoms with Crippen LogP contribution in [0.15, 0.2) is 18.2 Å². The Morgan fingerprint density at radius 3 is 2.41 bits per heavy atom. The van der Waals surface area contributed by atoms with Crippen LogP contribution in [-0.4, -0.2) is 42.2 Å². The van der Waals surface area contributed by atoms with Crippen molar-refractivity contribution < 1.29 is 9.90 Å². The molecule has 1 fully saturated rings. The normalized spacial score (nSPS) is 18.2. The van der Waals surface area contributed by atoms with E-state index in [0.29, 0.717) is 22.3 Å². The summed E-state index contributed by atoms with van der Waals surface area (Å²) in [6.45, 7) is 4.28. The molecule has 0 aliphatic carbocycles. The van der Waals surface area contributed by atoms with Gasteiger partial charge in [0.1, 0.15) is 0 Å². The van der Waals surface area contributed by atoms with Crippen molar-refractivity contribution in [1.29, 1.82) is 0 Å². The highest BCUT2D eigenvalue weighted by atomic mass is 35.5. The standard InChI is InChI=1S/C16H22Cl2N2O2/c1-2-16(11-21)6-8-20(9-7-16)10-14(22)19-15-12(17)4-3-5-13(15)18/h3-5,21H,2,6-11H2,1H3,(H,19,22). The molecule has 0 unspecified atom stereocenters. The zero-order chi connectivity index (χ0) is 16.2. The van der Waals surface area contributed by atoms with Crippen molar-refractivity contribution in [1.82, 2.24) is 4.90 Å². The lowest BCUT2D eigenvalue weighted by Crippen LogP contribution is -2.44. The molecular formula is C16H22Cl2N2O2. The second-order valence-electron chi connectivity index (χ2n) is 5.93. The van der Waals surface area contributed by atoms with Crippen molar-refractivity contribution in [3.63, 3.8) is 0 Å². The predicted molar refractivity (Wildman–Crippen MR) is 90.6 cm³/mol. The Balaban J connectivity index is 1.89. The molecule has 1 aromatic carbocycles. The fourth-order valence-electron chi connectivity index (χ4n) is 2.81. The Hall–Kier alpha value is -0.810. The fourth-order valence-corrected chi connectivity index (χ4v) is 3.30. The molecule has 4 nitrogen and oxygen atoms in total. The molecule has 0 saturated carbocycles. The van der Waals surface area contributed by atoms with E-state index >= 15 is 0 Å². The maximum absolute atomic E-state index is 12.2. The zero-order valence-electron chi connectivity index (χ0n) is 12.7. The Labute approximate surface area is 141 Å². The summed E-state index contributed by atoms with van der Waals surface area (Å²) in [7, 11) is 0. The van der Waals surface area contributed by atoms with Crippen molar-refractivity contribution in [2.75, 3.05) is 31.6 Å². The Kier molecular flexibility index (Phi) is 6.09. The van der Waals surface area contributed by atoms with E-state index in [2.05, 4.69) is 17.1 Å². The lowest BCUT2D eigenvalue weighted by Gasteiger charge is -2.39. The van der Waals surface area contributed by atoms with Gasteiger partial charge < -0.3 is 10.4 Å². The Bertz CT molecular complexity index is 503. The quantitative estimate of drug-likeness (QED) is 0.860. The van der Waals surface area contributed by atoms with E-state index in [1.165, 1.54) is 0 Å². The molecule has 1 aliphatic rings. The number of para-hydroxylation sites is 1. The molecule has 22 heavy (non-hydrogen) atoms. The van der Waals surface area contributed by atoms with Crippen LogP contribution in [0, 0.1) is 5.41 Å². The number of benzene rings is 1. The van der Waals surface area contributed by atoms with Crippen molar-refractivity contribution in [2.45, 2.75) is 26.2 Å². The van der Waals surface area contributed by atoms with E-state index in [0.717, 1.165) is 32.4 Å². The van der Waals surface area contributed by atoms with E-state index in [1.807, 2.05) is 0 Å². The first-order chi connectivity index (χ1) is 10.5. The van der Waals surface area contributed by atoms with Crippen LogP contribution in [0.1, 0.15) is 26.2 Å². The van der Waals surface area contributed by atoms with Gasteiger partial charge in [-0.05, 0) is 49.9 Å². The minimum absolute atomic E-state index is 0.0268. The third-order valence-electron chi connectivity index (χ3n) is 4.60. The summed E-state index contributed by atoms with van der Waals surface area (Å²) in [6, 6.07) is 5.13. The molecular weight excluding hydrogens is 323 g/mol. The van der Waals surface area contributed by atoms with Crippen molar-refractivity contribution in [3.05, 3.63) is 28.2 Å². The molecule has 2 N–H and O–H groups in total. The summed E-state index contributed by atoms with van der Waals surface area (Å²) in [4.78, 5) is 14.3. The smallest absolute Gasteiger partial charge is 0.238 e. The minimum Gasteiger partial charge on any atom is -0.396 e. The molecule has 0 radical (unpaired) electrons. The summed E-state index contributed by atoms with van der Waals surface area (Å²) >= 11 is 12.1. The molecule has 1 aliphatic heterocycles. The van der Waals surface area contributed by atoms with E-state index in [1.54, 1.807) is 18.2 Å². The van der Waals surface area contributed by atoms with E-state index in [9.17, 15) is 9.90 Å². The average molecular weight is 345 g/mol. The van der Waals surface area contributed by atoms with Gasteiger partial charge in [0.05, 0.1) is 22.3 Å². The summed E-state index contributed by atoms with van der Waals surface area (Å²) in [5, 5.41) is 13.2. The van der Waals surface area contributed by atoms with E-state index in [-0.39, 0.29) is 17.9 Å². The number of nitrogens with one attached hydrogen (secondary N) is 1. The number of anilines is 1. The summed E-state index contributed by atoms with van der Waals surface area (Å²) in [5.41, 5.74) is 0.491. The van der Waals surface area contributed by atoms with Crippen LogP contribution >= 0.6 is 23.2 Å². The van der Waals surface area contributed by atoms with Gasteiger partial charge in [0.2, 0.25) is 5.91 Å². The molecule has 1 heterocycles. The molecule has 0 spiro atoms. The summed E-state index contributed by atoms with van der Waals surface area (Å²) in [6.07, 6.45) is 2.80. The van der Waals surface area contributed by atoms with E-state index in [4.69, 9.17) is 23.2 Å². The second kappa shape index (κ2) is 7.64. The number of hydrogen-bond donors (Lipinski definition) is 2. The van der Waals surface area contributed by atoms with Gasteiger partial charge in [-0.2, -0.15) is 0 Å². The minimum atomic E-state index is -0.122. The van der Waals surface area contributed by atoms with Gasteiger partial charge in [-0.15, -0.1) is 0 Å². The second-order valence-corrected chi connectivity index (χ2v) is 6.75. The first kappa shape index (κ1) is 17.5. The Morgan fingerprint density at radius 1 is 1.32 bits per heavy atom. The molecule has 0 bridgehead atoms. The number of amides is 1. The lowest BCUT2D eigenvalue weighted by molar-refractivity contribution is -0.118. The highest BCUT2D eigenvalue weighted by Crippen LogP contribution is 2.34. The molecule has 6 heteroatoms. The Morgan fingerprint density at radius 2 is 1.91 bits per heavy atom. The highest BCUT2D eigenvalue weighted by molar-refractivity contribution is 6.39. The van der Waals surface area contributed by atoms with Gasteiger partial charge in [-0.25, -0.2) is 0 Å². The summed E-state index contributed by atoms with van der Waals surface area (Å²) < 4.78 is 0. The van der Waals surface area contributed by atoms with Crippen LogP contribution in [0.4, 0.5) is 5.69 Å². The molecule has 1 amide bonds. The third kappa shape index (κ3) is 4.13. The number of halogens is 2. The lowest BCUT2D eigenvalue weighted by atomic mass is 9.77. The van der Waals surface area contributed by atoms with Gasteiger partial charge in [-0.3, -0.25) is 9.69 Å². The zero-order valence-corrected chi connectivity index (χ0v) is 14.3. The van der Waals surface area contributed by atoms with Crippen LogP contribution in [0.5, 0.6) is 0 Å². The van der Waals surface area contributed by atoms with Crippen molar-refractivity contribution in [2.24, 2.45) is 5.41 Å². The summed E-state index contributed by atoms with van der Waals surface area (Å²) in [5.74, 6) is -0.122. The van der Waals surface area contributed by atoms with Crippen LogP contribution in [-0.2, 0) is 4.79 Å². The van der Waals surface area contributed by atoms with Crippen LogP contribution in [0.2, 0.25) is 10.0 Å².